The summed E-state index contributed by atoms with van der Waals surface area (Å²) in [4.78, 5) is 17.9. The van der Waals surface area contributed by atoms with Gasteiger partial charge in [0.25, 0.3) is 0 Å². The minimum Gasteiger partial charge on any atom is -0.461 e. The van der Waals surface area contributed by atoms with Crippen LogP contribution in [0.1, 0.15) is 17.4 Å². The summed E-state index contributed by atoms with van der Waals surface area (Å²) in [5.41, 5.74) is 0.417. The lowest BCUT2D eigenvalue weighted by Gasteiger charge is -2.26. The van der Waals surface area contributed by atoms with Gasteiger partial charge in [0.1, 0.15) is 0 Å². The summed E-state index contributed by atoms with van der Waals surface area (Å²) in [6.07, 6.45) is 0. The molecule has 0 saturated carbocycles. The van der Waals surface area contributed by atoms with Crippen molar-refractivity contribution in [2.75, 3.05) is 37.7 Å². The number of nitrogens with zero attached hydrogens (tertiary/aromatic N) is 2. The van der Waals surface area contributed by atoms with E-state index in [2.05, 4.69) is 15.2 Å². The summed E-state index contributed by atoms with van der Waals surface area (Å²) in [6, 6.07) is 0. The van der Waals surface area contributed by atoms with Crippen LogP contribution in [0.3, 0.4) is 0 Å². The Balaban J connectivity index is 2.03. The van der Waals surface area contributed by atoms with Crippen LogP contribution >= 0.6 is 11.3 Å². The van der Waals surface area contributed by atoms with Crippen molar-refractivity contribution in [1.29, 1.82) is 0 Å². The van der Waals surface area contributed by atoms with Crippen molar-refractivity contribution >= 4 is 22.4 Å². The van der Waals surface area contributed by atoms with Crippen LogP contribution < -0.4 is 10.2 Å². The number of aromatic nitrogens is 1. The van der Waals surface area contributed by atoms with Gasteiger partial charge in [-0.3, -0.25) is 0 Å². The largest absolute Gasteiger partial charge is 0.461 e. The molecule has 1 N–H and O–H groups in total. The van der Waals surface area contributed by atoms with E-state index in [1.165, 1.54) is 11.3 Å². The number of hydrogen-bond donors (Lipinski definition) is 1. The lowest BCUT2D eigenvalue weighted by molar-refractivity contribution is 0.0520. The maximum absolute atomic E-state index is 11.4. The Morgan fingerprint density at radius 2 is 2.38 bits per heavy atom. The highest BCUT2D eigenvalue weighted by Gasteiger charge is 2.17. The Bertz CT molecular complexity index is 361. The Kier molecular flexibility index (Phi) is 3.74. The van der Waals surface area contributed by atoms with E-state index in [1.54, 1.807) is 12.3 Å². The first-order chi connectivity index (χ1) is 7.81. The molecule has 2 rings (SSSR count). The first-order valence-corrected chi connectivity index (χ1v) is 6.27. The predicted octanol–water partition coefficient (Wildman–Crippen LogP) is 0.729. The van der Waals surface area contributed by atoms with Crippen molar-refractivity contribution < 1.29 is 9.53 Å². The molecule has 88 valence electrons. The number of hydrogen-bond acceptors (Lipinski definition) is 6. The topological polar surface area (TPSA) is 54.5 Å². The normalized spacial score (nSPS) is 16.2. The molecular weight excluding hydrogens is 226 g/mol. The molecule has 0 amide bonds. The summed E-state index contributed by atoms with van der Waals surface area (Å²) in [5, 5.41) is 5.94. The first-order valence-electron chi connectivity index (χ1n) is 5.39. The highest BCUT2D eigenvalue weighted by Crippen LogP contribution is 2.21. The summed E-state index contributed by atoms with van der Waals surface area (Å²) in [5.74, 6) is -0.333. The van der Waals surface area contributed by atoms with Gasteiger partial charge in [0.05, 0.1) is 6.61 Å². The van der Waals surface area contributed by atoms with Crippen LogP contribution in [0.25, 0.3) is 0 Å². The quantitative estimate of drug-likeness (QED) is 0.791. The van der Waals surface area contributed by atoms with Gasteiger partial charge >= 0.3 is 5.97 Å². The Labute approximate surface area is 98.4 Å². The van der Waals surface area contributed by atoms with Gasteiger partial charge in [-0.25, -0.2) is 9.78 Å². The lowest BCUT2D eigenvalue weighted by atomic mass is 10.4. The second-order valence-corrected chi connectivity index (χ2v) is 4.31. The van der Waals surface area contributed by atoms with Crippen molar-refractivity contribution in [3.05, 3.63) is 11.1 Å². The van der Waals surface area contributed by atoms with E-state index in [4.69, 9.17) is 4.74 Å². The molecule has 16 heavy (non-hydrogen) atoms. The molecule has 0 spiro atoms. The zero-order valence-corrected chi connectivity index (χ0v) is 10.0. The van der Waals surface area contributed by atoms with Crippen molar-refractivity contribution in [3.63, 3.8) is 0 Å². The smallest absolute Gasteiger partial charge is 0.357 e. The molecule has 5 nitrogen and oxygen atoms in total. The third kappa shape index (κ3) is 2.51. The van der Waals surface area contributed by atoms with Crippen LogP contribution in [-0.2, 0) is 4.74 Å². The standard InChI is InChI=1S/C10H15N3O2S/c1-2-15-9(14)8-7-16-10(12-8)13-5-3-11-4-6-13/h7,11H,2-6H2,1H3. The number of anilines is 1. The average Bonchev–Trinajstić information content (AvgIpc) is 2.80. The number of ether oxygens (including phenoxy) is 1. The van der Waals surface area contributed by atoms with Gasteiger partial charge in [0.15, 0.2) is 10.8 Å². The third-order valence-electron chi connectivity index (χ3n) is 2.36. The zero-order valence-electron chi connectivity index (χ0n) is 9.23. The molecule has 6 heteroatoms. The van der Waals surface area contributed by atoms with Crippen molar-refractivity contribution in [2.24, 2.45) is 0 Å². The zero-order chi connectivity index (χ0) is 11.4. The van der Waals surface area contributed by atoms with E-state index in [1.807, 2.05) is 0 Å². The summed E-state index contributed by atoms with van der Waals surface area (Å²) in [7, 11) is 0. The van der Waals surface area contributed by atoms with Gasteiger partial charge in [-0.2, -0.15) is 0 Å². The van der Waals surface area contributed by atoms with Crippen molar-refractivity contribution in [2.45, 2.75) is 6.92 Å². The number of carbonyl (C=O) groups excluding carboxylic acids is 1. The molecule has 0 aromatic carbocycles. The van der Waals surface area contributed by atoms with Crippen LogP contribution in [0.4, 0.5) is 5.13 Å². The van der Waals surface area contributed by atoms with E-state index >= 15 is 0 Å². The molecule has 1 fully saturated rings. The van der Waals surface area contributed by atoms with Crippen molar-refractivity contribution in [1.82, 2.24) is 10.3 Å². The van der Waals surface area contributed by atoms with E-state index < -0.39 is 0 Å². The number of esters is 1. The maximum Gasteiger partial charge on any atom is 0.357 e. The fourth-order valence-electron chi connectivity index (χ4n) is 1.56. The number of carbonyl (C=O) groups is 1. The summed E-state index contributed by atoms with van der Waals surface area (Å²) in [6.45, 7) is 6.00. The van der Waals surface area contributed by atoms with E-state index in [-0.39, 0.29) is 5.97 Å². The van der Waals surface area contributed by atoms with Gasteiger partial charge in [-0.15, -0.1) is 11.3 Å². The Morgan fingerprint density at radius 3 is 3.06 bits per heavy atom. The molecule has 0 bridgehead atoms. The van der Waals surface area contributed by atoms with Gasteiger partial charge in [-0.05, 0) is 6.92 Å². The minimum atomic E-state index is -0.333. The van der Waals surface area contributed by atoms with Crippen LogP contribution in [0, 0.1) is 0 Å². The molecule has 0 unspecified atom stereocenters. The minimum absolute atomic E-state index is 0.333. The fraction of sp³-hybridized carbons (Fsp3) is 0.600. The third-order valence-corrected chi connectivity index (χ3v) is 3.27. The monoisotopic (exact) mass is 241 g/mol. The van der Waals surface area contributed by atoms with Gasteiger partial charge in [0.2, 0.25) is 0 Å². The molecule has 0 aliphatic carbocycles. The van der Waals surface area contributed by atoms with Crippen LogP contribution in [0.5, 0.6) is 0 Å². The maximum atomic E-state index is 11.4. The van der Waals surface area contributed by atoms with E-state index in [9.17, 15) is 4.79 Å². The van der Waals surface area contributed by atoms with Gasteiger partial charge in [0, 0.05) is 31.6 Å². The molecule has 2 heterocycles. The lowest BCUT2D eigenvalue weighted by Crippen LogP contribution is -2.43. The van der Waals surface area contributed by atoms with Gasteiger partial charge < -0.3 is 15.0 Å². The molecule has 1 aromatic heterocycles. The molecule has 1 saturated heterocycles. The second kappa shape index (κ2) is 5.27. The highest BCUT2D eigenvalue weighted by molar-refractivity contribution is 7.13. The Morgan fingerprint density at radius 1 is 1.62 bits per heavy atom. The Hall–Kier alpha value is -1.14. The second-order valence-electron chi connectivity index (χ2n) is 3.47. The van der Waals surface area contributed by atoms with Crippen LogP contribution in [-0.4, -0.2) is 43.7 Å². The number of piperazine rings is 1. The van der Waals surface area contributed by atoms with Gasteiger partial charge in [-0.1, -0.05) is 0 Å². The highest BCUT2D eigenvalue weighted by atomic mass is 32.1. The van der Waals surface area contributed by atoms with E-state index in [0.29, 0.717) is 12.3 Å². The molecule has 0 atom stereocenters. The summed E-state index contributed by atoms with van der Waals surface area (Å²) < 4.78 is 4.90. The summed E-state index contributed by atoms with van der Waals surface area (Å²) >= 11 is 1.50. The number of nitrogens with one attached hydrogen (secondary N) is 1. The molecule has 1 aliphatic heterocycles. The molecule has 1 aliphatic rings. The number of thiazole rings is 1. The SMILES string of the molecule is CCOC(=O)c1csc(N2CCNCC2)n1. The fourth-order valence-corrected chi connectivity index (χ4v) is 2.41. The molecule has 0 radical (unpaired) electrons. The van der Waals surface area contributed by atoms with Crippen molar-refractivity contribution in [3.8, 4) is 0 Å². The average molecular weight is 241 g/mol. The predicted molar refractivity (Wildman–Crippen MR) is 63.2 cm³/mol. The number of rotatable bonds is 3. The van der Waals surface area contributed by atoms with Crippen LogP contribution in [0.15, 0.2) is 5.38 Å². The molecular formula is C10H15N3O2S. The molecule has 1 aromatic rings. The first kappa shape index (κ1) is 11.3. The van der Waals surface area contributed by atoms with Crippen LogP contribution in [0.2, 0.25) is 0 Å². The van der Waals surface area contributed by atoms with E-state index in [0.717, 1.165) is 31.3 Å².